The van der Waals surface area contributed by atoms with Crippen LogP contribution in [-0.4, -0.2) is 26.2 Å². The predicted molar refractivity (Wildman–Crippen MR) is 93.0 cm³/mol. The SMILES string of the molecule is CCCNCC1CCN(c2c(Br)cc(Br)cc2Br)C1. The Balaban J connectivity index is 2.01. The Labute approximate surface area is 140 Å². The average molecular weight is 455 g/mol. The molecule has 1 aliphatic heterocycles. The highest BCUT2D eigenvalue weighted by molar-refractivity contribution is 9.11. The Hall–Kier alpha value is 0.420. The maximum atomic E-state index is 3.67. The number of halogens is 3. The summed E-state index contributed by atoms with van der Waals surface area (Å²) in [5.74, 6) is 0.758. The molecule has 1 fully saturated rings. The van der Waals surface area contributed by atoms with E-state index in [1.165, 1.54) is 18.5 Å². The zero-order valence-corrected chi connectivity index (χ0v) is 15.8. The van der Waals surface area contributed by atoms with E-state index in [0.29, 0.717) is 0 Å². The highest BCUT2D eigenvalue weighted by Gasteiger charge is 2.25. The summed E-state index contributed by atoms with van der Waals surface area (Å²) < 4.78 is 3.39. The van der Waals surface area contributed by atoms with E-state index < -0.39 is 0 Å². The molecule has 1 unspecified atom stereocenters. The zero-order valence-electron chi connectivity index (χ0n) is 11.1. The van der Waals surface area contributed by atoms with Crippen LogP contribution < -0.4 is 10.2 Å². The summed E-state index contributed by atoms with van der Waals surface area (Å²) in [7, 11) is 0. The van der Waals surface area contributed by atoms with Gasteiger partial charge in [-0.15, -0.1) is 0 Å². The number of rotatable bonds is 5. The molecular weight excluding hydrogens is 436 g/mol. The van der Waals surface area contributed by atoms with Crippen molar-refractivity contribution in [2.45, 2.75) is 19.8 Å². The van der Waals surface area contributed by atoms with Crippen LogP contribution >= 0.6 is 47.8 Å². The first kappa shape index (κ1) is 15.8. The lowest BCUT2D eigenvalue weighted by molar-refractivity contribution is 0.516. The molecule has 0 saturated carbocycles. The lowest BCUT2D eigenvalue weighted by Gasteiger charge is -2.22. The first-order valence-electron chi connectivity index (χ1n) is 6.72. The molecule has 0 amide bonds. The summed E-state index contributed by atoms with van der Waals surface area (Å²) in [4.78, 5) is 2.47. The van der Waals surface area contributed by atoms with Crippen LogP contribution in [0.2, 0.25) is 0 Å². The van der Waals surface area contributed by atoms with E-state index in [1.807, 2.05) is 0 Å². The molecule has 1 heterocycles. The molecule has 0 bridgehead atoms. The summed E-state index contributed by atoms with van der Waals surface area (Å²) in [6, 6.07) is 4.23. The first-order valence-corrected chi connectivity index (χ1v) is 9.10. The molecule has 0 aromatic heterocycles. The van der Waals surface area contributed by atoms with Gasteiger partial charge in [0.1, 0.15) is 0 Å². The van der Waals surface area contributed by atoms with Gasteiger partial charge in [0.25, 0.3) is 0 Å². The summed E-state index contributed by atoms with van der Waals surface area (Å²) >= 11 is 10.9. The van der Waals surface area contributed by atoms with Crippen molar-refractivity contribution in [1.29, 1.82) is 0 Å². The van der Waals surface area contributed by atoms with Crippen molar-refractivity contribution < 1.29 is 0 Å². The maximum Gasteiger partial charge on any atom is 0.0655 e. The van der Waals surface area contributed by atoms with Gasteiger partial charge in [0, 0.05) is 26.5 Å². The average Bonchev–Trinajstić information content (AvgIpc) is 2.76. The van der Waals surface area contributed by atoms with Gasteiger partial charge in [0.2, 0.25) is 0 Å². The Morgan fingerprint density at radius 3 is 2.58 bits per heavy atom. The van der Waals surface area contributed by atoms with E-state index in [-0.39, 0.29) is 0 Å². The van der Waals surface area contributed by atoms with Crippen LogP contribution in [0.3, 0.4) is 0 Å². The van der Waals surface area contributed by atoms with Crippen LogP contribution in [0.25, 0.3) is 0 Å². The van der Waals surface area contributed by atoms with E-state index in [1.54, 1.807) is 0 Å². The van der Waals surface area contributed by atoms with Gasteiger partial charge in [-0.25, -0.2) is 0 Å². The molecule has 1 aromatic rings. The monoisotopic (exact) mass is 452 g/mol. The Kier molecular flexibility index (Phi) is 6.18. The van der Waals surface area contributed by atoms with Crippen LogP contribution in [-0.2, 0) is 0 Å². The van der Waals surface area contributed by atoms with Crippen LogP contribution in [0.4, 0.5) is 5.69 Å². The minimum atomic E-state index is 0.758. The highest BCUT2D eigenvalue weighted by Crippen LogP contribution is 2.39. The van der Waals surface area contributed by atoms with Gasteiger partial charge in [-0.05, 0) is 75.8 Å². The van der Waals surface area contributed by atoms with Crippen LogP contribution in [0, 0.1) is 5.92 Å². The van der Waals surface area contributed by atoms with E-state index in [9.17, 15) is 0 Å². The van der Waals surface area contributed by atoms with E-state index in [2.05, 4.69) is 77.1 Å². The smallest absolute Gasteiger partial charge is 0.0655 e. The van der Waals surface area contributed by atoms with E-state index in [0.717, 1.165) is 45.5 Å². The molecule has 2 rings (SSSR count). The van der Waals surface area contributed by atoms with Gasteiger partial charge >= 0.3 is 0 Å². The number of anilines is 1. The second-order valence-corrected chi connectivity index (χ2v) is 7.65. The van der Waals surface area contributed by atoms with Gasteiger partial charge in [0.15, 0.2) is 0 Å². The van der Waals surface area contributed by atoms with Gasteiger partial charge in [0.05, 0.1) is 5.69 Å². The number of hydrogen-bond acceptors (Lipinski definition) is 2. The standard InChI is InChI=1S/C14H19Br3N2/c1-2-4-18-8-10-3-5-19(9-10)14-12(16)6-11(15)7-13(14)17/h6-7,10,18H,2-5,8-9H2,1H3. The fraction of sp³-hybridized carbons (Fsp3) is 0.571. The van der Waals surface area contributed by atoms with Crippen molar-refractivity contribution >= 4 is 53.5 Å². The molecular formula is C14H19Br3N2. The molecule has 2 nitrogen and oxygen atoms in total. The molecule has 5 heteroatoms. The fourth-order valence-corrected chi connectivity index (χ4v) is 5.28. The van der Waals surface area contributed by atoms with Crippen LogP contribution in [0.1, 0.15) is 19.8 Å². The van der Waals surface area contributed by atoms with Gasteiger partial charge in [-0.1, -0.05) is 22.9 Å². The lowest BCUT2D eigenvalue weighted by Crippen LogP contribution is -2.27. The molecule has 106 valence electrons. The summed E-state index contributed by atoms with van der Waals surface area (Å²) in [5, 5.41) is 3.53. The Bertz CT molecular complexity index is 414. The number of benzene rings is 1. The topological polar surface area (TPSA) is 15.3 Å². The van der Waals surface area contributed by atoms with Crippen molar-refractivity contribution in [1.82, 2.24) is 5.32 Å². The molecule has 1 aromatic carbocycles. The molecule has 0 aliphatic carbocycles. The number of hydrogen-bond donors (Lipinski definition) is 1. The third-order valence-electron chi connectivity index (χ3n) is 3.44. The molecule has 1 aliphatic rings. The Morgan fingerprint density at radius 1 is 1.26 bits per heavy atom. The second-order valence-electron chi connectivity index (χ2n) is 5.02. The first-order chi connectivity index (χ1) is 9.11. The molecule has 1 atom stereocenters. The molecule has 1 saturated heterocycles. The fourth-order valence-electron chi connectivity index (χ4n) is 2.52. The van der Waals surface area contributed by atoms with Crippen molar-refractivity contribution in [2.75, 3.05) is 31.1 Å². The van der Waals surface area contributed by atoms with Crippen LogP contribution in [0.15, 0.2) is 25.6 Å². The lowest BCUT2D eigenvalue weighted by atomic mass is 10.1. The van der Waals surface area contributed by atoms with Gasteiger partial charge in [-0.2, -0.15) is 0 Å². The van der Waals surface area contributed by atoms with E-state index in [4.69, 9.17) is 0 Å². The summed E-state index contributed by atoms with van der Waals surface area (Å²) in [5.41, 5.74) is 1.28. The third-order valence-corrected chi connectivity index (χ3v) is 5.11. The normalized spacial score (nSPS) is 19.2. The van der Waals surface area contributed by atoms with Crippen molar-refractivity contribution in [3.05, 3.63) is 25.6 Å². The number of nitrogens with zero attached hydrogens (tertiary/aromatic N) is 1. The van der Waals surface area contributed by atoms with Crippen LogP contribution in [0.5, 0.6) is 0 Å². The van der Waals surface area contributed by atoms with Gasteiger partial charge < -0.3 is 10.2 Å². The second kappa shape index (κ2) is 7.43. The minimum absolute atomic E-state index is 0.758. The van der Waals surface area contributed by atoms with Crippen molar-refractivity contribution in [3.63, 3.8) is 0 Å². The number of nitrogens with one attached hydrogen (secondary N) is 1. The van der Waals surface area contributed by atoms with Gasteiger partial charge in [-0.3, -0.25) is 0 Å². The Morgan fingerprint density at radius 2 is 1.95 bits per heavy atom. The molecule has 1 N–H and O–H groups in total. The molecule has 19 heavy (non-hydrogen) atoms. The summed E-state index contributed by atoms with van der Waals surface area (Å²) in [6.45, 7) is 6.75. The zero-order chi connectivity index (χ0) is 13.8. The minimum Gasteiger partial charge on any atom is -0.369 e. The maximum absolute atomic E-state index is 3.67. The molecule has 0 spiro atoms. The van der Waals surface area contributed by atoms with Crippen molar-refractivity contribution in [2.24, 2.45) is 5.92 Å². The van der Waals surface area contributed by atoms with E-state index >= 15 is 0 Å². The largest absolute Gasteiger partial charge is 0.369 e. The predicted octanol–water partition coefficient (Wildman–Crippen LogP) is 4.80. The quantitative estimate of drug-likeness (QED) is 0.643. The third kappa shape index (κ3) is 4.19. The highest BCUT2D eigenvalue weighted by atomic mass is 79.9. The van der Waals surface area contributed by atoms with Crippen molar-refractivity contribution in [3.8, 4) is 0 Å². The summed E-state index contributed by atoms with van der Waals surface area (Å²) in [6.07, 6.45) is 2.48. The molecule has 0 radical (unpaired) electrons.